The van der Waals surface area contributed by atoms with Crippen molar-refractivity contribution in [3.05, 3.63) is 33.9 Å². The van der Waals surface area contributed by atoms with E-state index in [0.29, 0.717) is 24.8 Å². The van der Waals surface area contributed by atoms with Gasteiger partial charge in [-0.15, -0.1) is 0 Å². The summed E-state index contributed by atoms with van der Waals surface area (Å²) in [6.07, 6.45) is 1.71. The number of nitrogens with zero attached hydrogens (tertiary/aromatic N) is 1. The molecule has 2 aliphatic heterocycles. The Morgan fingerprint density at radius 2 is 2.05 bits per heavy atom. The maximum atomic E-state index is 12.2. The third-order valence-corrected chi connectivity index (χ3v) is 3.81. The first-order chi connectivity index (χ1) is 9.11. The highest BCUT2D eigenvalue weighted by Gasteiger charge is 2.43. The fourth-order valence-corrected chi connectivity index (χ4v) is 2.80. The third-order valence-electron chi connectivity index (χ3n) is 3.81. The molecule has 1 N–H and O–H groups in total. The number of hydrogen-bond donors (Lipinski definition) is 1. The van der Waals surface area contributed by atoms with Crippen LogP contribution in [0, 0.1) is 10.1 Å². The van der Waals surface area contributed by atoms with E-state index in [9.17, 15) is 14.9 Å². The first-order valence-corrected chi connectivity index (χ1v) is 6.32. The fourth-order valence-electron chi connectivity index (χ4n) is 2.80. The molecule has 0 aromatic heterocycles. The summed E-state index contributed by atoms with van der Waals surface area (Å²) < 4.78 is 5.92. The highest BCUT2D eigenvalue weighted by atomic mass is 16.6. The highest BCUT2D eigenvalue weighted by molar-refractivity contribution is 6.01. The lowest BCUT2D eigenvalue weighted by atomic mass is 9.83. The molecule has 6 nitrogen and oxygen atoms in total. The fraction of sp³-hybridized carbons (Fsp3) is 0.462. The summed E-state index contributed by atoms with van der Waals surface area (Å²) in [6, 6.07) is 4.50. The van der Waals surface area contributed by atoms with Gasteiger partial charge in [0.25, 0.3) is 0 Å². The maximum Gasteiger partial charge on any atom is 0.311 e. The number of benzene rings is 1. The Labute approximate surface area is 109 Å². The Bertz CT molecular complexity index is 535. The molecule has 0 saturated carbocycles. The van der Waals surface area contributed by atoms with E-state index >= 15 is 0 Å². The summed E-state index contributed by atoms with van der Waals surface area (Å²) in [5, 5.41) is 14.3. The van der Waals surface area contributed by atoms with Gasteiger partial charge in [-0.05, 0) is 19.2 Å². The molecule has 6 heteroatoms. The minimum atomic E-state index is -0.568. The molecule has 1 saturated heterocycles. The van der Waals surface area contributed by atoms with E-state index < -0.39 is 10.5 Å². The van der Waals surface area contributed by atoms with Crippen LogP contribution < -0.4 is 10.1 Å². The molecule has 1 aromatic carbocycles. The average molecular weight is 262 g/mol. The van der Waals surface area contributed by atoms with Crippen LogP contribution in [0.15, 0.2) is 18.2 Å². The molecule has 100 valence electrons. The standard InChI is InChI=1S/C13H14N2O4/c16-11-8-13(4-6-14-7-5-13)19-12-9(11)2-1-3-10(12)15(17)18/h1-3,14H,4-8H2. The van der Waals surface area contributed by atoms with Crippen LogP contribution in [0.2, 0.25) is 0 Å². The first kappa shape index (κ1) is 12.1. The topological polar surface area (TPSA) is 81.5 Å². The molecule has 0 aliphatic carbocycles. The Hall–Kier alpha value is -1.95. The average Bonchev–Trinajstić information content (AvgIpc) is 2.38. The minimum absolute atomic E-state index is 0.0631. The predicted molar refractivity (Wildman–Crippen MR) is 67.5 cm³/mol. The second kappa shape index (κ2) is 4.31. The number of nitrogens with one attached hydrogen (secondary N) is 1. The van der Waals surface area contributed by atoms with Crippen LogP contribution in [0.3, 0.4) is 0 Å². The smallest absolute Gasteiger partial charge is 0.311 e. The van der Waals surface area contributed by atoms with Crippen LogP contribution in [0.5, 0.6) is 5.75 Å². The van der Waals surface area contributed by atoms with Gasteiger partial charge in [-0.3, -0.25) is 14.9 Å². The Balaban J connectivity index is 2.06. The van der Waals surface area contributed by atoms with Crippen molar-refractivity contribution in [1.82, 2.24) is 5.32 Å². The lowest BCUT2D eigenvalue weighted by molar-refractivity contribution is -0.386. The van der Waals surface area contributed by atoms with E-state index in [1.54, 1.807) is 6.07 Å². The van der Waals surface area contributed by atoms with Crippen molar-refractivity contribution >= 4 is 11.5 Å². The number of nitro groups is 1. The van der Waals surface area contributed by atoms with E-state index in [4.69, 9.17) is 4.74 Å². The summed E-state index contributed by atoms with van der Waals surface area (Å²) in [7, 11) is 0. The van der Waals surface area contributed by atoms with Crippen molar-refractivity contribution in [2.24, 2.45) is 0 Å². The zero-order valence-corrected chi connectivity index (χ0v) is 10.3. The summed E-state index contributed by atoms with van der Waals surface area (Å²) in [6.45, 7) is 1.53. The van der Waals surface area contributed by atoms with Gasteiger partial charge in [-0.2, -0.15) is 0 Å². The summed E-state index contributed by atoms with van der Waals surface area (Å²) in [5.41, 5.74) is -0.358. The number of nitro benzene ring substituents is 1. The summed E-state index contributed by atoms with van der Waals surface area (Å²) >= 11 is 0. The number of piperidine rings is 1. The predicted octanol–water partition coefficient (Wildman–Crippen LogP) is 1.68. The Kier molecular flexibility index (Phi) is 2.74. The van der Waals surface area contributed by atoms with Crippen LogP contribution in [-0.2, 0) is 0 Å². The number of rotatable bonds is 1. The van der Waals surface area contributed by atoms with E-state index in [1.807, 2.05) is 0 Å². The van der Waals surface area contributed by atoms with Crippen molar-refractivity contribution in [3.8, 4) is 5.75 Å². The molecule has 19 heavy (non-hydrogen) atoms. The number of fused-ring (bicyclic) bond motifs is 1. The number of hydrogen-bond acceptors (Lipinski definition) is 5. The second-order valence-electron chi connectivity index (χ2n) is 5.05. The molecule has 2 heterocycles. The Morgan fingerprint density at radius 3 is 2.74 bits per heavy atom. The largest absolute Gasteiger partial charge is 0.479 e. The van der Waals surface area contributed by atoms with E-state index in [0.717, 1.165) is 13.1 Å². The van der Waals surface area contributed by atoms with Crippen molar-refractivity contribution in [2.75, 3.05) is 13.1 Å². The van der Waals surface area contributed by atoms with E-state index in [1.165, 1.54) is 12.1 Å². The molecular formula is C13H14N2O4. The number of carbonyl (C=O) groups excluding carboxylic acids is 1. The first-order valence-electron chi connectivity index (χ1n) is 6.32. The molecule has 1 fully saturated rings. The van der Waals surface area contributed by atoms with Gasteiger partial charge >= 0.3 is 5.69 Å². The quantitative estimate of drug-likeness (QED) is 0.615. The monoisotopic (exact) mass is 262 g/mol. The van der Waals surface area contributed by atoms with Gasteiger partial charge in [0.1, 0.15) is 5.60 Å². The van der Waals surface area contributed by atoms with Gasteiger partial charge in [-0.25, -0.2) is 0 Å². The molecule has 0 bridgehead atoms. The number of ether oxygens (including phenoxy) is 1. The van der Waals surface area contributed by atoms with Crippen LogP contribution in [0.1, 0.15) is 29.6 Å². The zero-order chi connectivity index (χ0) is 13.5. The summed E-state index contributed by atoms with van der Waals surface area (Å²) in [5.74, 6) is 0.0810. The SMILES string of the molecule is O=C1CC2(CCNCC2)Oc2c1cccc2[N+](=O)[O-]. The van der Waals surface area contributed by atoms with Crippen LogP contribution in [0.25, 0.3) is 0 Å². The maximum absolute atomic E-state index is 12.2. The number of para-hydroxylation sites is 1. The molecule has 3 rings (SSSR count). The number of ketones is 1. The van der Waals surface area contributed by atoms with Crippen LogP contribution in [0.4, 0.5) is 5.69 Å². The van der Waals surface area contributed by atoms with Crippen LogP contribution >= 0.6 is 0 Å². The van der Waals surface area contributed by atoms with Gasteiger partial charge in [0.05, 0.1) is 16.9 Å². The molecule has 1 spiro atoms. The number of Topliss-reactive ketones (excluding diaryl/α,β-unsaturated/α-hetero) is 1. The summed E-state index contributed by atoms with van der Waals surface area (Å²) in [4.78, 5) is 22.8. The van der Waals surface area contributed by atoms with E-state index in [-0.39, 0.29) is 17.2 Å². The molecule has 2 aliphatic rings. The molecule has 0 radical (unpaired) electrons. The highest BCUT2D eigenvalue weighted by Crippen LogP contribution is 2.42. The van der Waals surface area contributed by atoms with Crippen molar-refractivity contribution in [2.45, 2.75) is 24.9 Å². The van der Waals surface area contributed by atoms with Gasteiger partial charge in [0.2, 0.25) is 5.75 Å². The van der Waals surface area contributed by atoms with Gasteiger partial charge in [0.15, 0.2) is 5.78 Å². The van der Waals surface area contributed by atoms with Crippen LogP contribution in [-0.4, -0.2) is 29.4 Å². The van der Waals surface area contributed by atoms with Gasteiger partial charge in [0, 0.05) is 18.9 Å². The molecule has 0 amide bonds. The van der Waals surface area contributed by atoms with Crippen molar-refractivity contribution < 1.29 is 14.5 Å². The lowest BCUT2D eigenvalue weighted by Crippen LogP contribution is -2.49. The van der Waals surface area contributed by atoms with Crippen molar-refractivity contribution in [3.63, 3.8) is 0 Å². The number of carbonyl (C=O) groups is 1. The van der Waals surface area contributed by atoms with Gasteiger partial charge in [-0.1, -0.05) is 6.07 Å². The van der Waals surface area contributed by atoms with Gasteiger partial charge < -0.3 is 10.1 Å². The normalized spacial score (nSPS) is 20.7. The third kappa shape index (κ3) is 1.98. The second-order valence-corrected chi connectivity index (χ2v) is 5.05. The zero-order valence-electron chi connectivity index (χ0n) is 10.3. The Morgan fingerprint density at radius 1 is 1.32 bits per heavy atom. The molecule has 1 aromatic rings. The van der Waals surface area contributed by atoms with Crippen molar-refractivity contribution in [1.29, 1.82) is 0 Å². The molecule has 0 unspecified atom stereocenters. The molecular weight excluding hydrogens is 248 g/mol. The van der Waals surface area contributed by atoms with E-state index in [2.05, 4.69) is 5.32 Å². The molecule has 0 atom stereocenters. The lowest BCUT2D eigenvalue weighted by Gasteiger charge is -2.40. The minimum Gasteiger partial charge on any atom is -0.479 e.